The van der Waals surface area contributed by atoms with Crippen molar-refractivity contribution in [3.63, 3.8) is 0 Å². The maximum atomic E-state index is 4.36. The number of benzene rings is 1. The summed E-state index contributed by atoms with van der Waals surface area (Å²) in [5.74, 6) is 1.84. The van der Waals surface area contributed by atoms with Gasteiger partial charge in [0.1, 0.15) is 12.1 Å². The SMILES string of the molecule is CC1CCN(CCNc2ncnc3ccccc23)CC1. The Kier molecular flexibility index (Phi) is 4.11. The highest BCUT2D eigenvalue weighted by molar-refractivity contribution is 5.88. The molecule has 1 aromatic heterocycles. The van der Waals surface area contributed by atoms with E-state index in [9.17, 15) is 0 Å². The molecule has 2 aromatic rings. The molecular weight excluding hydrogens is 248 g/mol. The molecule has 1 saturated heterocycles. The Hall–Kier alpha value is -1.68. The van der Waals surface area contributed by atoms with Gasteiger partial charge in [-0.2, -0.15) is 0 Å². The van der Waals surface area contributed by atoms with Crippen molar-refractivity contribution in [3.8, 4) is 0 Å². The molecular formula is C16H22N4. The average molecular weight is 270 g/mol. The highest BCUT2D eigenvalue weighted by Gasteiger charge is 2.14. The zero-order chi connectivity index (χ0) is 13.8. The summed E-state index contributed by atoms with van der Waals surface area (Å²) in [5, 5.41) is 4.55. The summed E-state index contributed by atoms with van der Waals surface area (Å²) in [6.07, 6.45) is 4.29. The number of nitrogens with one attached hydrogen (secondary N) is 1. The first-order valence-electron chi connectivity index (χ1n) is 7.49. The van der Waals surface area contributed by atoms with E-state index < -0.39 is 0 Å². The topological polar surface area (TPSA) is 41.0 Å². The van der Waals surface area contributed by atoms with Crippen LogP contribution in [-0.4, -0.2) is 41.0 Å². The summed E-state index contributed by atoms with van der Waals surface area (Å²) < 4.78 is 0. The van der Waals surface area contributed by atoms with Crippen molar-refractivity contribution in [2.45, 2.75) is 19.8 Å². The Morgan fingerprint density at radius 3 is 2.85 bits per heavy atom. The molecule has 1 aliphatic rings. The zero-order valence-electron chi connectivity index (χ0n) is 12.0. The van der Waals surface area contributed by atoms with E-state index in [4.69, 9.17) is 0 Å². The quantitative estimate of drug-likeness (QED) is 0.927. The number of anilines is 1. The number of rotatable bonds is 4. The summed E-state index contributed by atoms with van der Waals surface area (Å²) in [6, 6.07) is 8.13. The van der Waals surface area contributed by atoms with E-state index in [1.165, 1.54) is 25.9 Å². The zero-order valence-corrected chi connectivity index (χ0v) is 12.0. The average Bonchev–Trinajstić information content (AvgIpc) is 2.49. The van der Waals surface area contributed by atoms with Crippen molar-refractivity contribution in [2.75, 3.05) is 31.5 Å². The molecule has 0 spiro atoms. The van der Waals surface area contributed by atoms with Crippen LogP contribution in [0.3, 0.4) is 0 Å². The van der Waals surface area contributed by atoms with E-state index in [1.807, 2.05) is 18.2 Å². The predicted molar refractivity (Wildman–Crippen MR) is 82.9 cm³/mol. The van der Waals surface area contributed by atoms with Crippen LogP contribution in [0, 0.1) is 5.92 Å². The van der Waals surface area contributed by atoms with Crippen LogP contribution in [-0.2, 0) is 0 Å². The molecule has 1 N–H and O–H groups in total. The van der Waals surface area contributed by atoms with Gasteiger partial charge in [-0.15, -0.1) is 0 Å². The van der Waals surface area contributed by atoms with Crippen molar-refractivity contribution in [3.05, 3.63) is 30.6 Å². The van der Waals surface area contributed by atoms with Gasteiger partial charge < -0.3 is 10.2 Å². The highest BCUT2D eigenvalue weighted by Crippen LogP contribution is 2.18. The second kappa shape index (κ2) is 6.18. The Morgan fingerprint density at radius 1 is 1.20 bits per heavy atom. The lowest BCUT2D eigenvalue weighted by Crippen LogP contribution is -2.36. The van der Waals surface area contributed by atoms with Gasteiger partial charge in [-0.25, -0.2) is 9.97 Å². The van der Waals surface area contributed by atoms with Gasteiger partial charge in [0.2, 0.25) is 0 Å². The monoisotopic (exact) mass is 270 g/mol. The minimum atomic E-state index is 0.894. The summed E-state index contributed by atoms with van der Waals surface area (Å²) in [6.45, 7) is 6.84. The van der Waals surface area contributed by atoms with Gasteiger partial charge in [0.05, 0.1) is 5.52 Å². The fourth-order valence-corrected chi connectivity index (χ4v) is 2.76. The Morgan fingerprint density at radius 2 is 2.00 bits per heavy atom. The second-order valence-corrected chi connectivity index (χ2v) is 5.69. The molecule has 2 heterocycles. The summed E-state index contributed by atoms with van der Waals surface area (Å²) in [4.78, 5) is 11.2. The standard InChI is InChI=1S/C16H22N4/c1-13-6-9-20(10-7-13)11-8-17-16-14-4-2-3-5-15(14)18-12-19-16/h2-5,12-13H,6-11H2,1H3,(H,17,18,19). The van der Waals surface area contributed by atoms with Gasteiger partial charge in [0, 0.05) is 18.5 Å². The van der Waals surface area contributed by atoms with Crippen molar-refractivity contribution < 1.29 is 0 Å². The molecule has 0 radical (unpaired) electrons. The molecule has 3 rings (SSSR count). The molecule has 0 saturated carbocycles. The lowest BCUT2D eigenvalue weighted by molar-refractivity contribution is 0.199. The van der Waals surface area contributed by atoms with Gasteiger partial charge in [-0.3, -0.25) is 0 Å². The minimum Gasteiger partial charge on any atom is -0.368 e. The van der Waals surface area contributed by atoms with Gasteiger partial charge in [-0.05, 0) is 44.0 Å². The van der Waals surface area contributed by atoms with E-state index in [2.05, 4.69) is 33.2 Å². The maximum absolute atomic E-state index is 4.36. The first-order valence-corrected chi connectivity index (χ1v) is 7.49. The van der Waals surface area contributed by atoms with E-state index in [-0.39, 0.29) is 0 Å². The molecule has 0 atom stereocenters. The Labute approximate surface area is 120 Å². The predicted octanol–water partition coefficient (Wildman–Crippen LogP) is 2.77. The molecule has 4 nitrogen and oxygen atoms in total. The molecule has 1 aromatic carbocycles. The lowest BCUT2D eigenvalue weighted by atomic mass is 9.99. The highest BCUT2D eigenvalue weighted by atomic mass is 15.1. The van der Waals surface area contributed by atoms with Gasteiger partial charge in [0.25, 0.3) is 0 Å². The van der Waals surface area contributed by atoms with E-state index in [0.717, 1.165) is 35.7 Å². The van der Waals surface area contributed by atoms with Gasteiger partial charge >= 0.3 is 0 Å². The summed E-state index contributed by atoms with van der Waals surface area (Å²) in [7, 11) is 0. The fourth-order valence-electron chi connectivity index (χ4n) is 2.76. The molecule has 4 heteroatoms. The minimum absolute atomic E-state index is 0.894. The molecule has 0 amide bonds. The Balaban J connectivity index is 1.57. The van der Waals surface area contributed by atoms with E-state index >= 15 is 0 Å². The van der Waals surface area contributed by atoms with Crippen LogP contribution in [0.25, 0.3) is 10.9 Å². The molecule has 0 unspecified atom stereocenters. The van der Waals surface area contributed by atoms with E-state index in [1.54, 1.807) is 6.33 Å². The number of fused-ring (bicyclic) bond motifs is 1. The normalized spacial score (nSPS) is 17.4. The number of para-hydroxylation sites is 1. The fraction of sp³-hybridized carbons (Fsp3) is 0.500. The molecule has 20 heavy (non-hydrogen) atoms. The van der Waals surface area contributed by atoms with E-state index in [0.29, 0.717) is 0 Å². The van der Waals surface area contributed by atoms with Crippen LogP contribution in [0.15, 0.2) is 30.6 Å². The number of piperidine rings is 1. The molecule has 1 fully saturated rings. The smallest absolute Gasteiger partial charge is 0.137 e. The Bertz CT molecular complexity index is 556. The number of hydrogen-bond donors (Lipinski definition) is 1. The number of nitrogens with zero attached hydrogens (tertiary/aromatic N) is 3. The molecule has 106 valence electrons. The largest absolute Gasteiger partial charge is 0.368 e. The van der Waals surface area contributed by atoms with Crippen LogP contribution in [0.2, 0.25) is 0 Å². The third-order valence-corrected chi connectivity index (χ3v) is 4.14. The van der Waals surface area contributed by atoms with Crippen molar-refractivity contribution in [2.24, 2.45) is 5.92 Å². The first kappa shape index (κ1) is 13.3. The molecule has 1 aliphatic heterocycles. The first-order chi connectivity index (χ1) is 9.83. The van der Waals surface area contributed by atoms with Gasteiger partial charge in [0.15, 0.2) is 0 Å². The second-order valence-electron chi connectivity index (χ2n) is 5.69. The van der Waals surface area contributed by atoms with Crippen LogP contribution >= 0.6 is 0 Å². The molecule has 0 aliphatic carbocycles. The number of likely N-dealkylation sites (tertiary alicyclic amines) is 1. The number of aromatic nitrogens is 2. The van der Waals surface area contributed by atoms with Gasteiger partial charge in [-0.1, -0.05) is 19.1 Å². The van der Waals surface area contributed by atoms with Crippen LogP contribution in [0.1, 0.15) is 19.8 Å². The summed E-state index contributed by atoms with van der Waals surface area (Å²) in [5.41, 5.74) is 0.997. The molecule has 0 bridgehead atoms. The van der Waals surface area contributed by atoms with Crippen LogP contribution in [0.4, 0.5) is 5.82 Å². The third-order valence-electron chi connectivity index (χ3n) is 4.14. The van der Waals surface area contributed by atoms with Crippen LogP contribution in [0.5, 0.6) is 0 Å². The van der Waals surface area contributed by atoms with Crippen molar-refractivity contribution in [1.29, 1.82) is 0 Å². The lowest BCUT2D eigenvalue weighted by Gasteiger charge is -2.30. The number of hydrogen-bond acceptors (Lipinski definition) is 4. The maximum Gasteiger partial charge on any atom is 0.137 e. The summed E-state index contributed by atoms with van der Waals surface area (Å²) >= 11 is 0. The van der Waals surface area contributed by atoms with Crippen molar-refractivity contribution >= 4 is 16.7 Å². The third kappa shape index (κ3) is 3.07. The van der Waals surface area contributed by atoms with Crippen molar-refractivity contribution in [1.82, 2.24) is 14.9 Å². The van der Waals surface area contributed by atoms with Crippen LogP contribution < -0.4 is 5.32 Å².